The predicted molar refractivity (Wildman–Crippen MR) is 100 cm³/mol. The average Bonchev–Trinajstić information content (AvgIpc) is 3.25. The van der Waals surface area contributed by atoms with E-state index in [0.717, 1.165) is 12.1 Å². The van der Waals surface area contributed by atoms with Gasteiger partial charge in [-0.25, -0.2) is 9.84 Å². The van der Waals surface area contributed by atoms with Gasteiger partial charge in [-0.05, 0) is 35.9 Å². The fraction of sp³-hybridized carbons (Fsp3) is 0.0476. The molecule has 0 radical (unpaired) electrons. The molecule has 1 aromatic heterocycles. The van der Waals surface area contributed by atoms with Gasteiger partial charge in [-0.3, -0.25) is 4.79 Å². The van der Waals surface area contributed by atoms with Crippen molar-refractivity contribution in [1.29, 1.82) is 5.26 Å². The van der Waals surface area contributed by atoms with Gasteiger partial charge in [0, 0.05) is 11.1 Å². The number of aromatic hydroxyl groups is 1. The van der Waals surface area contributed by atoms with Crippen molar-refractivity contribution in [3.63, 3.8) is 0 Å². The van der Waals surface area contributed by atoms with Crippen LogP contribution in [0.5, 0.6) is 5.88 Å². The minimum atomic E-state index is -4.51. The molecule has 30 heavy (non-hydrogen) atoms. The SMILES string of the molecule is [C-]#[N+]c1cc(C#N)cc(-c2[nH]c(O)c3c2C(=O)N=C3c2ccc(C(F)(F)F)cc2)c1. The molecule has 6 nitrogen and oxygen atoms in total. The summed E-state index contributed by atoms with van der Waals surface area (Å²) in [7, 11) is 0. The zero-order valence-electron chi connectivity index (χ0n) is 14.9. The molecule has 4 rings (SSSR count). The Bertz CT molecular complexity index is 1290. The van der Waals surface area contributed by atoms with Crippen molar-refractivity contribution in [1.82, 2.24) is 4.98 Å². The number of fused-ring (bicyclic) bond motifs is 1. The van der Waals surface area contributed by atoms with Crippen LogP contribution >= 0.6 is 0 Å². The van der Waals surface area contributed by atoms with Crippen molar-refractivity contribution in [3.8, 4) is 23.2 Å². The third kappa shape index (κ3) is 2.99. The van der Waals surface area contributed by atoms with Crippen LogP contribution in [-0.2, 0) is 6.18 Å². The molecule has 0 aliphatic carbocycles. The van der Waals surface area contributed by atoms with Crippen LogP contribution in [0.25, 0.3) is 16.1 Å². The summed E-state index contributed by atoms with van der Waals surface area (Å²) < 4.78 is 38.4. The first-order valence-electron chi connectivity index (χ1n) is 8.42. The Labute approximate surface area is 167 Å². The second-order valence-corrected chi connectivity index (χ2v) is 6.43. The topological polar surface area (TPSA) is 93.6 Å². The smallest absolute Gasteiger partial charge is 0.416 e. The largest absolute Gasteiger partial charge is 0.494 e. The van der Waals surface area contributed by atoms with Gasteiger partial charge in [0.05, 0.1) is 40.7 Å². The van der Waals surface area contributed by atoms with E-state index in [4.69, 9.17) is 11.8 Å². The van der Waals surface area contributed by atoms with Crippen LogP contribution in [0, 0.1) is 17.9 Å². The van der Waals surface area contributed by atoms with Crippen LogP contribution in [0.1, 0.15) is 32.6 Å². The van der Waals surface area contributed by atoms with Gasteiger partial charge in [0.25, 0.3) is 5.91 Å². The summed E-state index contributed by atoms with van der Waals surface area (Å²) in [6.45, 7) is 7.16. The van der Waals surface area contributed by atoms with E-state index in [1.165, 1.54) is 30.3 Å². The van der Waals surface area contributed by atoms with Crippen LogP contribution in [-0.4, -0.2) is 21.7 Å². The van der Waals surface area contributed by atoms with E-state index in [9.17, 15) is 23.1 Å². The molecule has 146 valence electrons. The Hall–Kier alpha value is -4.37. The molecular formula is C21H9F3N4O2. The van der Waals surface area contributed by atoms with Gasteiger partial charge in [-0.2, -0.15) is 18.4 Å². The van der Waals surface area contributed by atoms with E-state index < -0.39 is 23.5 Å². The first-order valence-corrected chi connectivity index (χ1v) is 8.42. The Morgan fingerprint density at radius 1 is 1.10 bits per heavy atom. The third-order valence-corrected chi connectivity index (χ3v) is 4.59. The second kappa shape index (κ2) is 6.61. The second-order valence-electron chi connectivity index (χ2n) is 6.43. The maximum absolute atomic E-state index is 12.8. The number of carbonyl (C=O) groups excluding carboxylic acids is 1. The number of nitrogens with zero attached hydrogens (tertiary/aromatic N) is 3. The lowest BCUT2D eigenvalue weighted by molar-refractivity contribution is -0.137. The number of benzene rings is 2. The third-order valence-electron chi connectivity index (χ3n) is 4.59. The van der Waals surface area contributed by atoms with Crippen molar-refractivity contribution in [2.75, 3.05) is 0 Å². The maximum Gasteiger partial charge on any atom is 0.416 e. The van der Waals surface area contributed by atoms with Crippen molar-refractivity contribution < 1.29 is 23.1 Å². The molecule has 1 aliphatic rings. The number of amides is 1. The van der Waals surface area contributed by atoms with E-state index in [0.29, 0.717) is 5.56 Å². The van der Waals surface area contributed by atoms with Crippen LogP contribution in [0.3, 0.4) is 0 Å². The van der Waals surface area contributed by atoms with E-state index in [1.54, 1.807) is 0 Å². The number of aromatic nitrogens is 1. The standard InChI is InChI=1S/C21H9F3N4O2/c1-26-14-7-10(9-25)6-12(8-14)18-16-15(19(29)28-18)17(27-20(16)30)11-2-4-13(5-3-11)21(22,23)24/h2-8,28-29H. The van der Waals surface area contributed by atoms with Crippen LogP contribution in [0.2, 0.25) is 0 Å². The highest BCUT2D eigenvalue weighted by Crippen LogP contribution is 2.39. The van der Waals surface area contributed by atoms with Gasteiger partial charge >= 0.3 is 6.18 Å². The Morgan fingerprint density at radius 3 is 2.40 bits per heavy atom. The normalized spacial score (nSPS) is 12.8. The number of nitrogens with one attached hydrogen (secondary N) is 1. The molecule has 0 bridgehead atoms. The molecule has 0 atom stereocenters. The Morgan fingerprint density at radius 2 is 1.80 bits per heavy atom. The fourth-order valence-corrected chi connectivity index (χ4v) is 3.27. The number of aliphatic imine (C=N–C) groups is 1. The predicted octanol–water partition coefficient (Wildman–Crippen LogP) is 4.82. The number of alkyl halides is 3. The number of aromatic amines is 1. The first kappa shape index (κ1) is 19.0. The molecule has 2 N–H and O–H groups in total. The molecule has 2 heterocycles. The molecule has 0 unspecified atom stereocenters. The van der Waals surface area contributed by atoms with Crippen LogP contribution < -0.4 is 0 Å². The maximum atomic E-state index is 12.8. The molecule has 0 saturated heterocycles. The van der Waals surface area contributed by atoms with E-state index in [-0.39, 0.29) is 39.3 Å². The van der Waals surface area contributed by atoms with Gasteiger partial charge < -0.3 is 10.1 Å². The number of halogens is 3. The summed E-state index contributed by atoms with van der Waals surface area (Å²) in [4.78, 5) is 22.4. The van der Waals surface area contributed by atoms with Crippen molar-refractivity contribution in [2.24, 2.45) is 4.99 Å². The highest BCUT2D eigenvalue weighted by Gasteiger charge is 2.35. The number of carbonyl (C=O) groups is 1. The van der Waals surface area contributed by atoms with E-state index in [2.05, 4.69) is 14.8 Å². The zero-order valence-corrected chi connectivity index (χ0v) is 14.9. The summed E-state index contributed by atoms with van der Waals surface area (Å²) in [6.07, 6.45) is -4.51. The number of nitriles is 1. The minimum absolute atomic E-state index is 0.0217. The number of hydrogen-bond donors (Lipinski definition) is 2. The lowest BCUT2D eigenvalue weighted by Gasteiger charge is -2.07. The molecule has 0 fully saturated rings. The highest BCUT2D eigenvalue weighted by molar-refractivity contribution is 6.30. The number of H-pyrrole nitrogens is 1. The Kier molecular flexibility index (Phi) is 4.18. The molecule has 2 aromatic carbocycles. The zero-order chi connectivity index (χ0) is 21.6. The molecule has 9 heteroatoms. The molecule has 1 amide bonds. The monoisotopic (exact) mass is 406 g/mol. The van der Waals surface area contributed by atoms with Gasteiger partial charge in [-0.15, -0.1) is 0 Å². The molecule has 0 saturated carbocycles. The lowest BCUT2D eigenvalue weighted by atomic mass is 9.98. The highest BCUT2D eigenvalue weighted by atomic mass is 19.4. The summed E-state index contributed by atoms with van der Waals surface area (Å²) in [5.41, 5.74) is 0.338. The molecule has 1 aliphatic heterocycles. The minimum Gasteiger partial charge on any atom is -0.494 e. The van der Waals surface area contributed by atoms with Gasteiger partial charge in [0.2, 0.25) is 0 Å². The van der Waals surface area contributed by atoms with Crippen molar-refractivity contribution in [3.05, 3.63) is 81.7 Å². The van der Waals surface area contributed by atoms with Gasteiger partial charge in [0.1, 0.15) is 0 Å². The van der Waals surface area contributed by atoms with Crippen molar-refractivity contribution >= 4 is 17.3 Å². The van der Waals surface area contributed by atoms with Gasteiger partial charge in [-0.1, -0.05) is 12.1 Å². The summed E-state index contributed by atoms with van der Waals surface area (Å²) in [6, 6.07) is 10.3. The van der Waals surface area contributed by atoms with Gasteiger partial charge in [0.15, 0.2) is 11.6 Å². The molecular weight excluding hydrogens is 397 g/mol. The Balaban J connectivity index is 1.84. The summed E-state index contributed by atoms with van der Waals surface area (Å²) >= 11 is 0. The quantitative estimate of drug-likeness (QED) is 0.598. The number of rotatable bonds is 2. The molecule has 3 aromatic rings. The molecule has 0 spiro atoms. The fourth-order valence-electron chi connectivity index (χ4n) is 3.27. The summed E-state index contributed by atoms with van der Waals surface area (Å²) in [5.74, 6) is -1.09. The average molecular weight is 406 g/mol. The number of hydrogen-bond acceptors (Lipinski definition) is 3. The van der Waals surface area contributed by atoms with Crippen molar-refractivity contribution in [2.45, 2.75) is 6.18 Å². The first-order chi connectivity index (χ1) is 14.2. The van der Waals surface area contributed by atoms with Crippen LogP contribution in [0.15, 0.2) is 47.5 Å². The lowest BCUT2D eigenvalue weighted by Crippen LogP contribution is -2.06. The van der Waals surface area contributed by atoms with Crippen LogP contribution in [0.4, 0.5) is 18.9 Å². The van der Waals surface area contributed by atoms with E-state index in [1.807, 2.05) is 6.07 Å². The summed E-state index contributed by atoms with van der Waals surface area (Å²) in [5, 5.41) is 19.6. The van der Waals surface area contributed by atoms with E-state index >= 15 is 0 Å².